The first-order valence-electron chi connectivity index (χ1n) is 7.91. The van der Waals surface area contributed by atoms with Gasteiger partial charge >= 0.3 is 0 Å². The summed E-state index contributed by atoms with van der Waals surface area (Å²) in [6, 6.07) is 4.26. The van der Waals surface area contributed by atoms with Crippen LogP contribution in [0.1, 0.15) is 44.7 Å². The first-order valence-corrected chi connectivity index (χ1v) is 7.91. The molecular weight excluding hydrogens is 262 g/mol. The molecule has 0 saturated carbocycles. The lowest BCUT2D eigenvalue weighted by Gasteiger charge is -2.27. The fourth-order valence-corrected chi connectivity index (χ4v) is 3.12. The zero-order chi connectivity index (χ0) is 15.5. The third kappa shape index (κ3) is 3.91. The summed E-state index contributed by atoms with van der Waals surface area (Å²) in [5, 5.41) is 3.43. The molecule has 1 aliphatic rings. The normalized spacial score (nSPS) is 16.8. The number of methoxy groups -OCH3 is 2. The van der Waals surface area contributed by atoms with Crippen LogP contribution in [0.3, 0.4) is 0 Å². The summed E-state index contributed by atoms with van der Waals surface area (Å²) in [5.41, 5.74) is 2.56. The smallest absolute Gasteiger partial charge is 0.126 e. The van der Waals surface area contributed by atoms with Gasteiger partial charge in [-0.25, -0.2) is 0 Å². The van der Waals surface area contributed by atoms with Crippen molar-refractivity contribution in [1.29, 1.82) is 0 Å². The summed E-state index contributed by atoms with van der Waals surface area (Å²) in [7, 11) is 3.52. The highest BCUT2D eigenvalue weighted by Gasteiger charge is 2.24. The van der Waals surface area contributed by atoms with Gasteiger partial charge < -0.3 is 14.8 Å². The summed E-state index contributed by atoms with van der Waals surface area (Å²) < 4.78 is 11.3. The van der Waals surface area contributed by atoms with Crippen LogP contribution in [-0.4, -0.2) is 27.3 Å². The molecule has 0 aromatic heterocycles. The molecule has 1 aromatic rings. The zero-order valence-corrected chi connectivity index (χ0v) is 14.1. The molecule has 0 bridgehead atoms. The molecule has 0 atom stereocenters. The molecule has 1 heterocycles. The Bertz CT molecular complexity index is 471. The average molecular weight is 291 g/mol. The molecule has 2 rings (SSSR count). The molecule has 0 radical (unpaired) electrons. The second-order valence-electron chi connectivity index (χ2n) is 7.01. The van der Waals surface area contributed by atoms with Crippen LogP contribution in [-0.2, 0) is 11.8 Å². The Morgan fingerprint density at radius 1 is 1.10 bits per heavy atom. The number of benzene rings is 1. The van der Waals surface area contributed by atoms with Gasteiger partial charge in [0.25, 0.3) is 0 Å². The van der Waals surface area contributed by atoms with E-state index in [0.717, 1.165) is 36.9 Å². The van der Waals surface area contributed by atoms with Gasteiger partial charge in [0.05, 0.1) is 14.2 Å². The third-order valence-electron chi connectivity index (χ3n) is 4.35. The van der Waals surface area contributed by atoms with Crippen molar-refractivity contribution in [3.05, 3.63) is 23.3 Å². The molecule has 1 N–H and O–H groups in total. The number of piperidine rings is 1. The van der Waals surface area contributed by atoms with Crippen LogP contribution in [0, 0.1) is 5.92 Å². The Kier molecular flexibility index (Phi) is 5.15. The molecule has 1 aliphatic heterocycles. The number of nitrogens with one attached hydrogen (secondary N) is 1. The van der Waals surface area contributed by atoms with Crippen molar-refractivity contribution in [1.82, 2.24) is 5.32 Å². The third-order valence-corrected chi connectivity index (χ3v) is 4.35. The van der Waals surface area contributed by atoms with Gasteiger partial charge in [0.2, 0.25) is 0 Å². The first kappa shape index (κ1) is 16.2. The maximum Gasteiger partial charge on any atom is 0.126 e. The molecule has 0 amide bonds. The summed E-state index contributed by atoms with van der Waals surface area (Å²) in [6.07, 6.45) is 3.56. The zero-order valence-electron chi connectivity index (χ0n) is 14.1. The van der Waals surface area contributed by atoms with E-state index in [1.807, 2.05) is 0 Å². The molecule has 0 unspecified atom stereocenters. The quantitative estimate of drug-likeness (QED) is 0.920. The van der Waals surface area contributed by atoms with Crippen LogP contribution >= 0.6 is 0 Å². The van der Waals surface area contributed by atoms with Gasteiger partial charge in [-0.3, -0.25) is 0 Å². The van der Waals surface area contributed by atoms with Crippen LogP contribution < -0.4 is 14.8 Å². The highest BCUT2D eigenvalue weighted by Crippen LogP contribution is 2.39. The number of rotatable bonds is 4. The van der Waals surface area contributed by atoms with Gasteiger partial charge in [0.15, 0.2) is 0 Å². The summed E-state index contributed by atoms with van der Waals surface area (Å²) in [6.45, 7) is 8.92. The van der Waals surface area contributed by atoms with Crippen molar-refractivity contribution < 1.29 is 9.47 Å². The molecule has 1 aromatic carbocycles. The highest BCUT2D eigenvalue weighted by molar-refractivity contribution is 5.50. The van der Waals surface area contributed by atoms with Crippen LogP contribution in [0.5, 0.6) is 11.5 Å². The van der Waals surface area contributed by atoms with E-state index in [9.17, 15) is 0 Å². The monoisotopic (exact) mass is 291 g/mol. The standard InChI is InChI=1S/C18H29NO2/c1-18(2,3)16-12-15(20-4)11-14(17(16)21-5)10-13-6-8-19-9-7-13/h11-13,19H,6-10H2,1-5H3. The Balaban J connectivity index is 2.37. The second-order valence-corrected chi connectivity index (χ2v) is 7.01. The lowest BCUT2D eigenvalue weighted by Crippen LogP contribution is -2.28. The topological polar surface area (TPSA) is 30.5 Å². The van der Waals surface area contributed by atoms with E-state index in [0.29, 0.717) is 0 Å². The van der Waals surface area contributed by atoms with Crippen molar-refractivity contribution >= 4 is 0 Å². The first-order chi connectivity index (χ1) is 9.95. The number of hydrogen-bond acceptors (Lipinski definition) is 3. The molecule has 3 nitrogen and oxygen atoms in total. The Labute approximate surface area is 129 Å². The molecule has 21 heavy (non-hydrogen) atoms. The predicted octanol–water partition coefficient (Wildman–Crippen LogP) is 3.54. The predicted molar refractivity (Wildman–Crippen MR) is 87.5 cm³/mol. The SMILES string of the molecule is COc1cc(CC2CCNCC2)c(OC)c(C(C)(C)C)c1. The number of ether oxygens (including phenoxy) is 2. The molecule has 0 aliphatic carbocycles. The average Bonchev–Trinajstić information content (AvgIpc) is 2.46. The van der Waals surface area contributed by atoms with E-state index >= 15 is 0 Å². The van der Waals surface area contributed by atoms with Crippen molar-refractivity contribution in [2.75, 3.05) is 27.3 Å². The van der Waals surface area contributed by atoms with E-state index < -0.39 is 0 Å². The molecule has 3 heteroatoms. The van der Waals surface area contributed by atoms with Crippen molar-refractivity contribution in [2.45, 2.75) is 45.4 Å². The highest BCUT2D eigenvalue weighted by atomic mass is 16.5. The fraction of sp³-hybridized carbons (Fsp3) is 0.667. The van der Waals surface area contributed by atoms with Gasteiger partial charge in [-0.05, 0) is 61.4 Å². The van der Waals surface area contributed by atoms with Gasteiger partial charge in [0, 0.05) is 5.56 Å². The molecule has 118 valence electrons. The van der Waals surface area contributed by atoms with Crippen molar-refractivity contribution in [2.24, 2.45) is 5.92 Å². The van der Waals surface area contributed by atoms with E-state index in [2.05, 4.69) is 38.2 Å². The van der Waals surface area contributed by atoms with Gasteiger partial charge in [-0.1, -0.05) is 20.8 Å². The minimum atomic E-state index is 0.0444. The van der Waals surface area contributed by atoms with E-state index in [-0.39, 0.29) is 5.41 Å². The molecule has 0 spiro atoms. The fourth-order valence-electron chi connectivity index (χ4n) is 3.12. The minimum Gasteiger partial charge on any atom is -0.497 e. The number of hydrogen-bond donors (Lipinski definition) is 1. The van der Waals surface area contributed by atoms with Gasteiger partial charge in [-0.2, -0.15) is 0 Å². The van der Waals surface area contributed by atoms with E-state index in [1.165, 1.54) is 24.0 Å². The van der Waals surface area contributed by atoms with E-state index in [4.69, 9.17) is 9.47 Å². The lowest BCUT2D eigenvalue weighted by atomic mass is 9.82. The maximum atomic E-state index is 5.77. The van der Waals surface area contributed by atoms with E-state index in [1.54, 1.807) is 14.2 Å². The summed E-state index contributed by atoms with van der Waals surface area (Å²) in [4.78, 5) is 0. The maximum absolute atomic E-state index is 5.77. The minimum absolute atomic E-state index is 0.0444. The van der Waals surface area contributed by atoms with Crippen LogP contribution in [0.2, 0.25) is 0 Å². The lowest BCUT2D eigenvalue weighted by molar-refractivity contribution is 0.353. The summed E-state index contributed by atoms with van der Waals surface area (Å²) in [5.74, 6) is 2.71. The molecule has 1 fully saturated rings. The Morgan fingerprint density at radius 3 is 2.29 bits per heavy atom. The Morgan fingerprint density at radius 2 is 1.76 bits per heavy atom. The molecular formula is C18H29NO2. The second kappa shape index (κ2) is 6.69. The van der Waals surface area contributed by atoms with Gasteiger partial charge in [-0.15, -0.1) is 0 Å². The van der Waals surface area contributed by atoms with Crippen LogP contribution in [0.15, 0.2) is 12.1 Å². The van der Waals surface area contributed by atoms with Crippen molar-refractivity contribution in [3.8, 4) is 11.5 Å². The largest absolute Gasteiger partial charge is 0.497 e. The van der Waals surface area contributed by atoms with Crippen molar-refractivity contribution in [3.63, 3.8) is 0 Å². The van der Waals surface area contributed by atoms with Crippen LogP contribution in [0.25, 0.3) is 0 Å². The van der Waals surface area contributed by atoms with Gasteiger partial charge in [0.1, 0.15) is 11.5 Å². The van der Waals surface area contributed by atoms with Crippen LogP contribution in [0.4, 0.5) is 0 Å². The summed E-state index contributed by atoms with van der Waals surface area (Å²) >= 11 is 0. The molecule has 1 saturated heterocycles. The Hall–Kier alpha value is -1.22.